The molecule has 26 heavy (non-hydrogen) atoms. The van der Waals surface area contributed by atoms with E-state index in [9.17, 15) is 13.2 Å². The molecule has 3 heterocycles. The summed E-state index contributed by atoms with van der Waals surface area (Å²) in [5, 5.41) is 0. The summed E-state index contributed by atoms with van der Waals surface area (Å²) in [4.78, 5) is 17.4. The SMILES string of the molecule is O=C(C1CCN(CC2CCS(=O)(=O)CC2)CC1)N1CCc2ccccc21. The minimum atomic E-state index is -2.78. The van der Waals surface area contributed by atoms with Gasteiger partial charge in [0.15, 0.2) is 0 Å². The van der Waals surface area contributed by atoms with Crippen molar-refractivity contribution < 1.29 is 13.2 Å². The molecule has 0 spiro atoms. The van der Waals surface area contributed by atoms with Crippen LogP contribution < -0.4 is 4.90 Å². The van der Waals surface area contributed by atoms with Crippen molar-refractivity contribution in [2.24, 2.45) is 11.8 Å². The maximum Gasteiger partial charge on any atom is 0.230 e. The highest BCUT2D eigenvalue weighted by atomic mass is 32.2. The van der Waals surface area contributed by atoms with Crippen molar-refractivity contribution in [3.63, 3.8) is 0 Å². The van der Waals surface area contributed by atoms with Crippen molar-refractivity contribution >= 4 is 21.4 Å². The van der Waals surface area contributed by atoms with E-state index >= 15 is 0 Å². The Hall–Kier alpha value is -1.40. The van der Waals surface area contributed by atoms with Crippen LogP contribution in [0.3, 0.4) is 0 Å². The van der Waals surface area contributed by atoms with Gasteiger partial charge in [0.2, 0.25) is 5.91 Å². The summed E-state index contributed by atoms with van der Waals surface area (Å²) in [6, 6.07) is 8.24. The van der Waals surface area contributed by atoms with Crippen LogP contribution >= 0.6 is 0 Å². The Bertz CT molecular complexity index is 755. The topological polar surface area (TPSA) is 57.7 Å². The van der Waals surface area contributed by atoms with Crippen molar-refractivity contribution in [3.8, 4) is 0 Å². The van der Waals surface area contributed by atoms with E-state index in [1.165, 1.54) is 5.56 Å². The molecule has 0 bridgehead atoms. The van der Waals surface area contributed by atoms with Crippen molar-refractivity contribution in [3.05, 3.63) is 29.8 Å². The number of nitrogens with zero attached hydrogens (tertiary/aromatic N) is 2. The van der Waals surface area contributed by atoms with E-state index in [1.807, 2.05) is 17.0 Å². The quantitative estimate of drug-likeness (QED) is 0.811. The molecule has 2 fully saturated rings. The first-order valence-electron chi connectivity index (χ1n) is 9.84. The number of rotatable bonds is 3. The fourth-order valence-electron chi connectivity index (χ4n) is 4.64. The number of likely N-dealkylation sites (tertiary alicyclic amines) is 1. The van der Waals surface area contributed by atoms with Crippen LogP contribution in [0.15, 0.2) is 24.3 Å². The van der Waals surface area contributed by atoms with Crippen LogP contribution in [0.2, 0.25) is 0 Å². The number of hydrogen-bond acceptors (Lipinski definition) is 4. The molecule has 1 amide bonds. The third kappa shape index (κ3) is 3.81. The first-order chi connectivity index (χ1) is 12.5. The van der Waals surface area contributed by atoms with Crippen LogP contribution in [0.25, 0.3) is 0 Å². The van der Waals surface area contributed by atoms with Crippen molar-refractivity contribution in [1.29, 1.82) is 0 Å². The largest absolute Gasteiger partial charge is 0.312 e. The normalized spacial score (nSPS) is 24.5. The summed E-state index contributed by atoms with van der Waals surface area (Å²) >= 11 is 0. The molecule has 3 aliphatic rings. The van der Waals surface area contributed by atoms with E-state index in [0.717, 1.165) is 64.0 Å². The zero-order chi connectivity index (χ0) is 18.1. The average Bonchev–Trinajstić information content (AvgIpc) is 3.08. The van der Waals surface area contributed by atoms with Crippen LogP contribution in [0.1, 0.15) is 31.2 Å². The fraction of sp³-hybridized carbons (Fsp3) is 0.650. The third-order valence-corrected chi connectivity index (χ3v) is 8.00. The van der Waals surface area contributed by atoms with Gasteiger partial charge in [0, 0.05) is 24.7 Å². The van der Waals surface area contributed by atoms with Gasteiger partial charge in [0.1, 0.15) is 9.84 Å². The molecule has 1 aromatic carbocycles. The van der Waals surface area contributed by atoms with Gasteiger partial charge in [0.25, 0.3) is 0 Å². The number of amides is 1. The molecular formula is C20H28N2O3S. The molecule has 0 N–H and O–H groups in total. The first-order valence-corrected chi connectivity index (χ1v) is 11.7. The van der Waals surface area contributed by atoms with E-state index in [4.69, 9.17) is 0 Å². The summed E-state index contributed by atoms with van der Waals surface area (Å²) in [5.41, 5.74) is 2.38. The summed E-state index contributed by atoms with van der Waals surface area (Å²) in [7, 11) is -2.78. The van der Waals surface area contributed by atoms with Gasteiger partial charge in [-0.25, -0.2) is 8.42 Å². The van der Waals surface area contributed by atoms with Crippen LogP contribution in [0.5, 0.6) is 0 Å². The number of benzene rings is 1. The van der Waals surface area contributed by atoms with E-state index in [0.29, 0.717) is 23.3 Å². The number of carbonyl (C=O) groups is 1. The zero-order valence-corrected chi connectivity index (χ0v) is 16.1. The first kappa shape index (κ1) is 18.0. The van der Waals surface area contributed by atoms with Crippen LogP contribution in [-0.2, 0) is 21.1 Å². The highest BCUT2D eigenvalue weighted by Crippen LogP contribution is 2.31. The molecule has 1 aromatic rings. The molecule has 0 saturated carbocycles. The van der Waals surface area contributed by atoms with Crippen LogP contribution in [0, 0.1) is 11.8 Å². The lowest BCUT2D eigenvalue weighted by molar-refractivity contribution is -0.123. The van der Waals surface area contributed by atoms with Gasteiger partial charge in [-0.15, -0.1) is 0 Å². The van der Waals surface area contributed by atoms with Gasteiger partial charge in [-0.05, 0) is 62.7 Å². The minimum absolute atomic E-state index is 0.129. The van der Waals surface area contributed by atoms with Gasteiger partial charge in [0.05, 0.1) is 11.5 Å². The van der Waals surface area contributed by atoms with Crippen molar-refractivity contribution in [1.82, 2.24) is 4.90 Å². The lowest BCUT2D eigenvalue weighted by atomic mass is 9.93. The molecule has 0 aromatic heterocycles. The highest BCUT2D eigenvalue weighted by molar-refractivity contribution is 7.91. The Kier molecular flexibility index (Phi) is 5.06. The van der Waals surface area contributed by atoms with E-state index in [2.05, 4.69) is 17.0 Å². The predicted octanol–water partition coefficient (Wildman–Crippen LogP) is 2.11. The van der Waals surface area contributed by atoms with Crippen molar-refractivity contribution in [2.45, 2.75) is 32.1 Å². The Morgan fingerprint density at radius 1 is 1.00 bits per heavy atom. The summed E-state index contributed by atoms with van der Waals surface area (Å²) < 4.78 is 23.1. The number of sulfone groups is 1. The van der Waals surface area contributed by atoms with Crippen molar-refractivity contribution in [2.75, 3.05) is 42.6 Å². The Morgan fingerprint density at radius 2 is 1.69 bits per heavy atom. The molecule has 2 saturated heterocycles. The smallest absolute Gasteiger partial charge is 0.230 e. The number of para-hydroxylation sites is 1. The van der Waals surface area contributed by atoms with E-state index in [1.54, 1.807) is 0 Å². The molecule has 6 heteroatoms. The summed E-state index contributed by atoms with van der Waals surface area (Å²) in [6.07, 6.45) is 4.40. The Labute approximate surface area is 156 Å². The maximum absolute atomic E-state index is 13.0. The summed E-state index contributed by atoms with van der Waals surface area (Å²) in [5.74, 6) is 1.61. The average molecular weight is 377 g/mol. The van der Waals surface area contributed by atoms with E-state index in [-0.39, 0.29) is 5.92 Å². The molecule has 0 radical (unpaired) electrons. The lowest BCUT2D eigenvalue weighted by Crippen LogP contribution is -2.44. The molecule has 0 aliphatic carbocycles. The Morgan fingerprint density at radius 3 is 2.42 bits per heavy atom. The molecule has 0 unspecified atom stereocenters. The standard InChI is InChI=1S/C20H28N2O3S/c23-20(22-12-7-17-3-1-2-4-19(17)22)18-5-10-21(11-6-18)15-16-8-13-26(24,25)14-9-16/h1-4,16,18H,5-15H2. The number of hydrogen-bond donors (Lipinski definition) is 0. The van der Waals surface area contributed by atoms with Gasteiger partial charge in [-0.3, -0.25) is 4.79 Å². The van der Waals surface area contributed by atoms with E-state index < -0.39 is 9.84 Å². The molecular weight excluding hydrogens is 348 g/mol. The monoisotopic (exact) mass is 376 g/mol. The second-order valence-electron chi connectivity index (χ2n) is 8.04. The minimum Gasteiger partial charge on any atom is -0.312 e. The number of anilines is 1. The second-order valence-corrected chi connectivity index (χ2v) is 10.3. The van der Waals surface area contributed by atoms with Crippen LogP contribution in [-0.4, -0.2) is 56.9 Å². The zero-order valence-electron chi connectivity index (χ0n) is 15.3. The molecule has 5 nitrogen and oxygen atoms in total. The third-order valence-electron chi connectivity index (χ3n) is 6.28. The van der Waals surface area contributed by atoms with Gasteiger partial charge >= 0.3 is 0 Å². The van der Waals surface area contributed by atoms with Gasteiger partial charge in [-0.2, -0.15) is 0 Å². The van der Waals surface area contributed by atoms with Gasteiger partial charge < -0.3 is 9.80 Å². The predicted molar refractivity (Wildman–Crippen MR) is 103 cm³/mol. The molecule has 3 aliphatic heterocycles. The number of piperidine rings is 1. The lowest BCUT2D eigenvalue weighted by Gasteiger charge is -2.36. The molecule has 142 valence electrons. The maximum atomic E-state index is 13.0. The number of carbonyl (C=O) groups excluding carboxylic acids is 1. The summed E-state index contributed by atoms with van der Waals surface area (Å²) in [6.45, 7) is 3.71. The molecule has 4 rings (SSSR count). The number of fused-ring (bicyclic) bond motifs is 1. The Balaban J connectivity index is 1.28. The fourth-order valence-corrected chi connectivity index (χ4v) is 6.23. The molecule has 0 atom stereocenters. The second kappa shape index (κ2) is 7.31. The highest BCUT2D eigenvalue weighted by Gasteiger charge is 2.33. The van der Waals surface area contributed by atoms with Crippen LogP contribution in [0.4, 0.5) is 5.69 Å². The van der Waals surface area contributed by atoms with Gasteiger partial charge in [-0.1, -0.05) is 18.2 Å².